The zero-order chi connectivity index (χ0) is 15.0. The normalized spacial score (nSPS) is 25.6. The van der Waals surface area contributed by atoms with Gasteiger partial charge in [-0.15, -0.1) is 11.8 Å². The maximum Gasteiger partial charge on any atom is 0.264 e. The van der Waals surface area contributed by atoms with E-state index < -0.39 is 0 Å². The second-order valence-electron chi connectivity index (χ2n) is 5.49. The van der Waals surface area contributed by atoms with Gasteiger partial charge in [0.2, 0.25) is 11.8 Å². The predicted molar refractivity (Wildman–Crippen MR) is 79.0 cm³/mol. The van der Waals surface area contributed by atoms with Gasteiger partial charge in [-0.05, 0) is 6.42 Å². The molecule has 2 atom stereocenters. The van der Waals surface area contributed by atoms with Gasteiger partial charge >= 0.3 is 0 Å². The lowest BCUT2D eigenvalue weighted by Crippen LogP contribution is -2.47. The molecule has 0 spiro atoms. The quantitative estimate of drug-likeness (QED) is 0.801. The van der Waals surface area contributed by atoms with Crippen LogP contribution in [0.3, 0.4) is 0 Å². The van der Waals surface area contributed by atoms with Crippen LogP contribution in [0, 0.1) is 0 Å². The van der Waals surface area contributed by atoms with E-state index in [-0.39, 0.29) is 29.3 Å². The minimum atomic E-state index is -0.337. The van der Waals surface area contributed by atoms with E-state index in [1.54, 1.807) is 22.7 Å². The molecule has 0 aliphatic carbocycles. The van der Waals surface area contributed by atoms with Crippen LogP contribution in [-0.4, -0.2) is 62.6 Å². The average molecular weight is 310 g/mol. The van der Waals surface area contributed by atoms with E-state index in [9.17, 15) is 14.4 Å². The average Bonchev–Trinajstić information content (AvgIpc) is 3.17. The van der Waals surface area contributed by atoms with Gasteiger partial charge in [-0.25, -0.2) is 0 Å². The molecule has 1 unspecified atom stereocenters. The second-order valence-corrected chi connectivity index (χ2v) is 6.49. The SMILES string of the molecule is CC(=O)N1CSC[C@H]1C(=O)N1CCC(c2cc(=O)[nH][nH]2)C1. The summed E-state index contributed by atoms with van der Waals surface area (Å²) in [7, 11) is 0. The van der Waals surface area contributed by atoms with Crippen LogP contribution in [0.4, 0.5) is 0 Å². The number of aromatic amines is 2. The molecule has 2 amide bonds. The Morgan fingerprint density at radius 2 is 2.19 bits per heavy atom. The second kappa shape index (κ2) is 5.59. The molecular weight excluding hydrogens is 292 g/mol. The van der Waals surface area contributed by atoms with Crippen LogP contribution in [0.15, 0.2) is 10.9 Å². The standard InChI is InChI=1S/C13H18N4O3S/c1-8(18)17-7-21-6-11(17)13(20)16-3-2-9(5-16)10-4-12(19)15-14-10/h4,9,11H,2-3,5-7H2,1H3,(H2,14,15,19)/t9?,11-/m0/s1. The van der Waals surface area contributed by atoms with Crippen LogP contribution in [0.1, 0.15) is 25.0 Å². The van der Waals surface area contributed by atoms with Gasteiger partial charge in [0.15, 0.2) is 0 Å². The zero-order valence-electron chi connectivity index (χ0n) is 11.8. The molecule has 1 aromatic rings. The van der Waals surface area contributed by atoms with Crippen molar-refractivity contribution in [2.45, 2.75) is 25.3 Å². The Kier molecular flexibility index (Phi) is 3.79. The zero-order valence-corrected chi connectivity index (χ0v) is 12.6. The Morgan fingerprint density at radius 1 is 1.38 bits per heavy atom. The first kappa shape index (κ1) is 14.2. The summed E-state index contributed by atoms with van der Waals surface area (Å²) < 4.78 is 0. The fraction of sp³-hybridized carbons (Fsp3) is 0.615. The molecule has 114 valence electrons. The summed E-state index contributed by atoms with van der Waals surface area (Å²) in [6.07, 6.45) is 0.833. The van der Waals surface area contributed by atoms with Gasteiger partial charge in [-0.3, -0.25) is 19.5 Å². The largest absolute Gasteiger partial charge is 0.340 e. The van der Waals surface area contributed by atoms with E-state index in [2.05, 4.69) is 10.2 Å². The Hall–Kier alpha value is -1.70. The van der Waals surface area contributed by atoms with Gasteiger partial charge in [0.25, 0.3) is 5.56 Å². The number of nitrogens with one attached hydrogen (secondary N) is 2. The molecule has 1 aromatic heterocycles. The number of amides is 2. The Labute approximate surface area is 126 Å². The van der Waals surface area contributed by atoms with Gasteiger partial charge in [0.05, 0.1) is 5.88 Å². The lowest BCUT2D eigenvalue weighted by molar-refractivity contribution is -0.141. The van der Waals surface area contributed by atoms with E-state index in [4.69, 9.17) is 0 Å². The van der Waals surface area contributed by atoms with Crippen molar-refractivity contribution in [1.29, 1.82) is 0 Å². The highest BCUT2D eigenvalue weighted by Crippen LogP contribution is 2.28. The summed E-state index contributed by atoms with van der Waals surface area (Å²) in [6, 6.07) is 1.21. The predicted octanol–water partition coefficient (Wildman–Crippen LogP) is -0.0597. The summed E-state index contributed by atoms with van der Waals surface area (Å²) in [6.45, 7) is 2.77. The highest BCUT2D eigenvalue weighted by molar-refractivity contribution is 7.99. The van der Waals surface area contributed by atoms with Crippen molar-refractivity contribution in [3.63, 3.8) is 0 Å². The summed E-state index contributed by atoms with van der Waals surface area (Å²) in [5, 5.41) is 5.39. The molecule has 2 fully saturated rings. The van der Waals surface area contributed by atoms with Crippen molar-refractivity contribution in [1.82, 2.24) is 20.0 Å². The molecular formula is C13H18N4O3S. The number of nitrogens with zero attached hydrogens (tertiary/aromatic N) is 2. The van der Waals surface area contributed by atoms with Crippen molar-refractivity contribution in [2.75, 3.05) is 24.7 Å². The van der Waals surface area contributed by atoms with Crippen molar-refractivity contribution >= 4 is 23.6 Å². The summed E-state index contributed by atoms with van der Waals surface area (Å²) in [5.74, 6) is 1.39. The van der Waals surface area contributed by atoms with E-state index >= 15 is 0 Å². The number of thioether (sulfide) groups is 1. The molecule has 8 heteroatoms. The first-order valence-electron chi connectivity index (χ1n) is 6.97. The number of carbonyl (C=O) groups is 2. The summed E-state index contributed by atoms with van der Waals surface area (Å²) in [5.41, 5.74) is 0.698. The third-order valence-corrected chi connectivity index (χ3v) is 5.14. The molecule has 2 N–H and O–H groups in total. The van der Waals surface area contributed by atoms with Crippen molar-refractivity contribution in [3.05, 3.63) is 22.1 Å². The van der Waals surface area contributed by atoms with E-state index in [0.29, 0.717) is 24.7 Å². The monoisotopic (exact) mass is 310 g/mol. The molecule has 3 heterocycles. The third-order valence-electron chi connectivity index (χ3n) is 4.13. The third kappa shape index (κ3) is 2.72. The number of hydrogen-bond donors (Lipinski definition) is 2. The van der Waals surface area contributed by atoms with Gasteiger partial charge in [0.1, 0.15) is 6.04 Å². The molecule has 2 aliphatic heterocycles. The van der Waals surface area contributed by atoms with E-state index in [1.165, 1.54) is 6.92 Å². The minimum absolute atomic E-state index is 0.0237. The fourth-order valence-corrected chi connectivity index (χ4v) is 4.16. The smallest absolute Gasteiger partial charge is 0.264 e. The van der Waals surface area contributed by atoms with Crippen LogP contribution in [0.25, 0.3) is 0 Å². The molecule has 2 saturated heterocycles. The first-order valence-corrected chi connectivity index (χ1v) is 8.13. The number of likely N-dealkylation sites (tertiary alicyclic amines) is 1. The molecule has 0 aromatic carbocycles. The molecule has 0 saturated carbocycles. The maximum atomic E-state index is 12.6. The van der Waals surface area contributed by atoms with Crippen molar-refractivity contribution in [3.8, 4) is 0 Å². The Morgan fingerprint density at radius 3 is 2.86 bits per heavy atom. The Bertz CT molecular complexity index is 611. The molecule has 21 heavy (non-hydrogen) atoms. The van der Waals surface area contributed by atoms with Gasteiger partial charge in [0, 0.05) is 43.4 Å². The van der Waals surface area contributed by atoms with Crippen molar-refractivity contribution < 1.29 is 9.59 Å². The molecule has 7 nitrogen and oxygen atoms in total. The van der Waals surface area contributed by atoms with Crippen LogP contribution in [0.2, 0.25) is 0 Å². The van der Waals surface area contributed by atoms with E-state index in [0.717, 1.165) is 12.1 Å². The number of carbonyl (C=O) groups excluding carboxylic acids is 2. The lowest BCUT2D eigenvalue weighted by atomic mass is 10.1. The maximum absolute atomic E-state index is 12.6. The first-order chi connectivity index (χ1) is 10.1. The highest BCUT2D eigenvalue weighted by Gasteiger charge is 2.38. The summed E-state index contributed by atoms with van der Waals surface area (Å²) in [4.78, 5) is 38.8. The van der Waals surface area contributed by atoms with Crippen LogP contribution < -0.4 is 5.56 Å². The number of hydrogen-bond acceptors (Lipinski definition) is 4. The molecule has 0 bridgehead atoms. The summed E-state index contributed by atoms with van der Waals surface area (Å²) >= 11 is 1.61. The molecule has 3 rings (SSSR count). The number of H-pyrrole nitrogens is 2. The highest BCUT2D eigenvalue weighted by atomic mass is 32.2. The molecule has 0 radical (unpaired) electrons. The Balaban J connectivity index is 1.67. The van der Waals surface area contributed by atoms with Crippen LogP contribution >= 0.6 is 11.8 Å². The van der Waals surface area contributed by atoms with Gasteiger partial charge in [-0.1, -0.05) is 0 Å². The number of rotatable bonds is 2. The molecule has 2 aliphatic rings. The lowest BCUT2D eigenvalue weighted by Gasteiger charge is -2.26. The topological polar surface area (TPSA) is 89.3 Å². The van der Waals surface area contributed by atoms with E-state index in [1.807, 2.05) is 4.90 Å². The van der Waals surface area contributed by atoms with Crippen molar-refractivity contribution in [2.24, 2.45) is 0 Å². The minimum Gasteiger partial charge on any atom is -0.340 e. The van der Waals surface area contributed by atoms with Gasteiger partial charge in [-0.2, -0.15) is 0 Å². The van der Waals surface area contributed by atoms with Crippen LogP contribution in [-0.2, 0) is 9.59 Å². The van der Waals surface area contributed by atoms with Gasteiger partial charge < -0.3 is 14.9 Å². The number of aromatic nitrogens is 2. The van der Waals surface area contributed by atoms with Crippen LogP contribution in [0.5, 0.6) is 0 Å². The fourth-order valence-electron chi connectivity index (χ4n) is 2.95.